The van der Waals surface area contributed by atoms with E-state index < -0.39 is 0 Å². The summed E-state index contributed by atoms with van der Waals surface area (Å²) in [6, 6.07) is 10.4. The summed E-state index contributed by atoms with van der Waals surface area (Å²) in [6.07, 6.45) is 2.13. The molecule has 0 spiro atoms. The smallest absolute Gasteiger partial charge is 0.0782 e. The molecule has 4 nitrogen and oxygen atoms in total. The molecule has 2 rings (SSSR count). The number of hydrazine groups is 1. The predicted octanol–water partition coefficient (Wildman–Crippen LogP) is 3.25. The van der Waals surface area contributed by atoms with Crippen molar-refractivity contribution in [3.8, 4) is 0 Å². The van der Waals surface area contributed by atoms with Crippen LogP contribution in [0.2, 0.25) is 0 Å². The third-order valence-corrected chi connectivity index (χ3v) is 3.72. The van der Waals surface area contributed by atoms with Crippen LogP contribution in [0.3, 0.4) is 0 Å². The number of benzene rings is 1. The maximum atomic E-state index is 5.86. The van der Waals surface area contributed by atoms with Crippen molar-refractivity contribution in [3.63, 3.8) is 0 Å². The average Bonchev–Trinajstić information content (AvgIpc) is 2.48. The van der Waals surface area contributed by atoms with Crippen LogP contribution in [0, 0.1) is 6.92 Å². The van der Waals surface area contributed by atoms with Crippen LogP contribution in [0.5, 0.6) is 0 Å². The first kappa shape index (κ1) is 15.9. The highest BCUT2D eigenvalue weighted by Crippen LogP contribution is 2.25. The molecule has 2 atom stereocenters. The molecule has 0 amide bonds. The van der Waals surface area contributed by atoms with Gasteiger partial charge in [-0.3, -0.25) is 16.3 Å². The summed E-state index contributed by atoms with van der Waals surface area (Å²) >= 11 is 0. The summed E-state index contributed by atoms with van der Waals surface area (Å²) in [4.78, 5) is 4.54. The van der Waals surface area contributed by atoms with Gasteiger partial charge in [0.05, 0.1) is 17.7 Å². The van der Waals surface area contributed by atoms with Gasteiger partial charge in [-0.2, -0.15) is 0 Å². The molecule has 3 N–H and O–H groups in total. The Morgan fingerprint density at radius 1 is 1.24 bits per heavy atom. The summed E-state index contributed by atoms with van der Waals surface area (Å²) in [6.45, 7) is 6.87. The zero-order chi connectivity index (χ0) is 15.2. The molecule has 1 aromatic heterocycles. The van der Waals surface area contributed by atoms with Gasteiger partial charge in [0.15, 0.2) is 0 Å². The van der Waals surface area contributed by atoms with E-state index in [0.29, 0.717) is 6.61 Å². The number of nitrogens with two attached hydrogens (primary N) is 1. The molecule has 0 aliphatic rings. The van der Waals surface area contributed by atoms with Crippen LogP contribution >= 0.6 is 0 Å². The summed E-state index contributed by atoms with van der Waals surface area (Å²) in [5.41, 5.74) is 6.10. The van der Waals surface area contributed by atoms with E-state index >= 15 is 0 Å². The number of hydrogen-bond donors (Lipinski definition) is 2. The molecule has 0 saturated heterocycles. The highest BCUT2D eigenvalue weighted by atomic mass is 16.5. The minimum absolute atomic E-state index is 0.00407. The summed E-state index contributed by atoms with van der Waals surface area (Å²) in [5, 5.41) is 1.13. The van der Waals surface area contributed by atoms with Gasteiger partial charge in [-0.25, -0.2) is 0 Å². The number of nitrogens with zero attached hydrogens (tertiary/aromatic N) is 1. The van der Waals surface area contributed by atoms with Crippen molar-refractivity contribution in [1.82, 2.24) is 10.4 Å². The lowest BCUT2D eigenvalue weighted by Crippen LogP contribution is -2.38. The molecular formula is C17H25N3O. The van der Waals surface area contributed by atoms with Gasteiger partial charge in [0.25, 0.3) is 0 Å². The Kier molecular flexibility index (Phi) is 5.67. The van der Waals surface area contributed by atoms with Gasteiger partial charge in [0, 0.05) is 17.7 Å². The molecular weight excluding hydrogens is 262 g/mol. The first-order valence-corrected chi connectivity index (χ1v) is 7.64. The first-order valence-electron chi connectivity index (χ1n) is 7.64. The van der Waals surface area contributed by atoms with E-state index in [0.717, 1.165) is 35.0 Å². The van der Waals surface area contributed by atoms with Crippen LogP contribution in [-0.2, 0) is 4.74 Å². The molecule has 0 radical (unpaired) electrons. The SMILES string of the molecule is CCCC(OCC)C(NN)c1ccc2nc(C)ccc2c1. The molecule has 2 aromatic rings. The number of rotatable bonds is 7. The zero-order valence-corrected chi connectivity index (χ0v) is 13.1. The van der Waals surface area contributed by atoms with Crippen molar-refractivity contribution in [3.05, 3.63) is 41.6 Å². The molecule has 21 heavy (non-hydrogen) atoms. The van der Waals surface area contributed by atoms with Crippen molar-refractivity contribution >= 4 is 10.9 Å². The largest absolute Gasteiger partial charge is 0.376 e. The molecule has 0 bridgehead atoms. The second-order valence-electron chi connectivity index (χ2n) is 5.33. The van der Waals surface area contributed by atoms with Gasteiger partial charge in [-0.15, -0.1) is 0 Å². The van der Waals surface area contributed by atoms with Gasteiger partial charge in [-0.05, 0) is 44.0 Å². The fraction of sp³-hybridized carbons (Fsp3) is 0.471. The van der Waals surface area contributed by atoms with Crippen LogP contribution in [0.1, 0.15) is 44.0 Å². The van der Waals surface area contributed by atoms with Crippen molar-refractivity contribution in [2.24, 2.45) is 5.84 Å². The normalized spacial score (nSPS) is 14.3. The Labute approximate surface area is 126 Å². The molecule has 0 aliphatic carbocycles. The third-order valence-electron chi connectivity index (χ3n) is 3.72. The minimum Gasteiger partial charge on any atom is -0.376 e. The summed E-state index contributed by atoms with van der Waals surface area (Å²) in [5.74, 6) is 5.79. The molecule has 0 aliphatic heterocycles. The first-order chi connectivity index (χ1) is 10.2. The molecule has 0 fully saturated rings. The molecule has 4 heteroatoms. The third kappa shape index (κ3) is 3.79. The monoisotopic (exact) mass is 287 g/mol. The number of aromatic nitrogens is 1. The van der Waals surface area contributed by atoms with Gasteiger partial charge in [0.1, 0.15) is 0 Å². The topological polar surface area (TPSA) is 60.2 Å². The Bertz CT molecular complexity index is 579. The molecule has 1 aromatic carbocycles. The number of ether oxygens (including phenoxy) is 1. The Hall–Kier alpha value is -1.49. The van der Waals surface area contributed by atoms with E-state index in [1.165, 1.54) is 0 Å². The maximum absolute atomic E-state index is 5.86. The van der Waals surface area contributed by atoms with E-state index in [-0.39, 0.29) is 12.1 Å². The number of pyridine rings is 1. The van der Waals surface area contributed by atoms with Crippen LogP contribution in [0.25, 0.3) is 10.9 Å². The molecule has 2 unspecified atom stereocenters. The fourth-order valence-corrected chi connectivity index (χ4v) is 2.70. The number of aryl methyl sites for hydroxylation is 1. The van der Waals surface area contributed by atoms with Gasteiger partial charge < -0.3 is 4.74 Å². The Morgan fingerprint density at radius 2 is 2.05 bits per heavy atom. The zero-order valence-electron chi connectivity index (χ0n) is 13.1. The maximum Gasteiger partial charge on any atom is 0.0782 e. The van der Waals surface area contributed by atoms with Crippen molar-refractivity contribution in [2.75, 3.05) is 6.61 Å². The van der Waals surface area contributed by atoms with Crippen LogP contribution in [0.4, 0.5) is 0 Å². The van der Waals surface area contributed by atoms with E-state index in [4.69, 9.17) is 10.6 Å². The highest BCUT2D eigenvalue weighted by molar-refractivity contribution is 5.79. The van der Waals surface area contributed by atoms with Gasteiger partial charge in [-0.1, -0.05) is 25.5 Å². The van der Waals surface area contributed by atoms with Crippen LogP contribution in [-0.4, -0.2) is 17.7 Å². The second-order valence-corrected chi connectivity index (χ2v) is 5.33. The quantitative estimate of drug-likeness (QED) is 0.606. The lowest BCUT2D eigenvalue weighted by Gasteiger charge is -2.26. The summed E-state index contributed by atoms with van der Waals surface area (Å²) < 4.78 is 5.86. The van der Waals surface area contributed by atoms with Crippen LogP contribution < -0.4 is 11.3 Å². The van der Waals surface area contributed by atoms with E-state index in [9.17, 15) is 0 Å². The van der Waals surface area contributed by atoms with E-state index in [2.05, 4.69) is 41.6 Å². The van der Waals surface area contributed by atoms with Crippen molar-refractivity contribution < 1.29 is 4.74 Å². The van der Waals surface area contributed by atoms with E-state index in [1.807, 2.05) is 19.9 Å². The van der Waals surface area contributed by atoms with Crippen molar-refractivity contribution in [1.29, 1.82) is 0 Å². The second kappa shape index (κ2) is 7.50. The fourth-order valence-electron chi connectivity index (χ4n) is 2.70. The average molecular weight is 287 g/mol. The number of nitrogens with one attached hydrogen (secondary N) is 1. The van der Waals surface area contributed by atoms with Gasteiger partial charge >= 0.3 is 0 Å². The molecule has 0 saturated carbocycles. The number of hydrogen-bond acceptors (Lipinski definition) is 4. The number of fused-ring (bicyclic) bond motifs is 1. The lowest BCUT2D eigenvalue weighted by molar-refractivity contribution is 0.0276. The lowest BCUT2D eigenvalue weighted by atomic mass is 9.97. The Morgan fingerprint density at radius 3 is 2.71 bits per heavy atom. The molecule has 1 heterocycles. The summed E-state index contributed by atoms with van der Waals surface area (Å²) in [7, 11) is 0. The van der Waals surface area contributed by atoms with Gasteiger partial charge in [0.2, 0.25) is 0 Å². The standard InChI is InChI=1S/C17H25N3O/c1-4-6-16(21-5-2)17(20-18)14-9-10-15-13(11-14)8-7-12(3)19-15/h7-11,16-17,20H,4-6,18H2,1-3H3. The highest BCUT2D eigenvalue weighted by Gasteiger charge is 2.22. The minimum atomic E-state index is -0.00407. The Balaban J connectivity index is 2.34. The molecule has 114 valence electrons. The predicted molar refractivity (Wildman–Crippen MR) is 86.9 cm³/mol. The van der Waals surface area contributed by atoms with Crippen LogP contribution in [0.15, 0.2) is 30.3 Å². The van der Waals surface area contributed by atoms with E-state index in [1.54, 1.807) is 0 Å². The van der Waals surface area contributed by atoms with Crippen molar-refractivity contribution in [2.45, 2.75) is 45.8 Å².